The molecule has 2 aromatic carbocycles. The summed E-state index contributed by atoms with van der Waals surface area (Å²) in [5.41, 5.74) is -0.192. The fraction of sp³-hybridized carbons (Fsp3) is 0.300. The number of carbonyl (C=O) groups excluding carboxylic acids is 1. The minimum atomic E-state index is -1.67. The lowest BCUT2D eigenvalue weighted by molar-refractivity contribution is -0.115. The molecule has 3 N–H and O–H groups in total. The van der Waals surface area contributed by atoms with E-state index >= 15 is 0 Å². The van der Waals surface area contributed by atoms with E-state index in [0.717, 1.165) is 12.1 Å². The minimum Gasteiger partial charge on any atom is -0.367 e. The van der Waals surface area contributed by atoms with E-state index in [1.54, 1.807) is 4.90 Å². The van der Waals surface area contributed by atoms with Crippen molar-refractivity contribution >= 4 is 23.2 Å². The number of amides is 1. The highest BCUT2D eigenvalue weighted by atomic mass is 19.2. The number of nitrogens with one attached hydrogen (secondary N) is 3. The molecule has 0 spiro atoms. The van der Waals surface area contributed by atoms with Crippen LogP contribution in [0.2, 0.25) is 0 Å². The van der Waals surface area contributed by atoms with Crippen molar-refractivity contribution in [3.63, 3.8) is 0 Å². The lowest BCUT2D eigenvalue weighted by atomic mass is 10.2. The number of aliphatic imine (C=N–C) groups is 1. The van der Waals surface area contributed by atoms with Crippen molar-refractivity contribution < 1.29 is 26.7 Å². The first kappa shape index (κ1) is 22.3. The number of benzene rings is 2. The molecule has 31 heavy (non-hydrogen) atoms. The van der Waals surface area contributed by atoms with Crippen molar-refractivity contribution in [2.75, 3.05) is 36.9 Å². The topological polar surface area (TPSA) is 68.8 Å². The van der Waals surface area contributed by atoms with Gasteiger partial charge in [0.2, 0.25) is 5.91 Å². The van der Waals surface area contributed by atoms with E-state index in [2.05, 4.69) is 20.9 Å². The van der Waals surface area contributed by atoms with Crippen LogP contribution in [0.3, 0.4) is 0 Å². The fourth-order valence-corrected chi connectivity index (χ4v) is 3.20. The smallest absolute Gasteiger partial charge is 0.243 e. The van der Waals surface area contributed by atoms with E-state index in [-0.39, 0.29) is 18.5 Å². The Labute approximate surface area is 175 Å². The molecule has 11 heteroatoms. The Morgan fingerprint density at radius 1 is 1.10 bits per heavy atom. The van der Waals surface area contributed by atoms with Gasteiger partial charge in [-0.1, -0.05) is 0 Å². The Kier molecular flexibility index (Phi) is 6.93. The van der Waals surface area contributed by atoms with Gasteiger partial charge in [0.25, 0.3) is 0 Å². The number of hydrogen-bond donors (Lipinski definition) is 3. The molecule has 0 radical (unpaired) electrons. The quantitative estimate of drug-likeness (QED) is 0.289. The minimum absolute atomic E-state index is 0.123. The normalized spacial score (nSPS) is 16.4. The van der Waals surface area contributed by atoms with Gasteiger partial charge in [-0.05, 0) is 30.7 Å². The number of halogens is 5. The van der Waals surface area contributed by atoms with Crippen LogP contribution in [0.5, 0.6) is 0 Å². The predicted molar refractivity (Wildman–Crippen MR) is 106 cm³/mol. The van der Waals surface area contributed by atoms with E-state index < -0.39 is 40.7 Å². The van der Waals surface area contributed by atoms with Gasteiger partial charge in [-0.15, -0.1) is 0 Å². The maximum absolute atomic E-state index is 14.0. The zero-order valence-electron chi connectivity index (χ0n) is 16.5. The third-order valence-electron chi connectivity index (χ3n) is 4.73. The molecule has 6 nitrogen and oxygen atoms in total. The van der Waals surface area contributed by atoms with Gasteiger partial charge < -0.3 is 20.9 Å². The van der Waals surface area contributed by atoms with Gasteiger partial charge in [0, 0.05) is 32.2 Å². The van der Waals surface area contributed by atoms with Gasteiger partial charge in [0.05, 0.1) is 17.9 Å². The number of rotatable bonds is 5. The molecule has 0 aromatic heterocycles. The second-order valence-electron chi connectivity index (χ2n) is 6.87. The standard InChI is InChI=1S/C20H20F5N5O/c1-26-20(27-9-17(31)29-15-4-3-13(22)18(24)19(15)25)28-12-6-7-30(10-12)16-5-2-11(21)8-14(16)23/h2-5,8,12H,6-7,9-10H2,1H3,(H,29,31)(H2,26,27,28). The highest BCUT2D eigenvalue weighted by Crippen LogP contribution is 2.24. The van der Waals surface area contributed by atoms with Gasteiger partial charge in [0.1, 0.15) is 11.6 Å². The fourth-order valence-electron chi connectivity index (χ4n) is 3.20. The summed E-state index contributed by atoms with van der Waals surface area (Å²) >= 11 is 0. The molecular weight excluding hydrogens is 421 g/mol. The van der Waals surface area contributed by atoms with Gasteiger partial charge in [-0.3, -0.25) is 9.79 Å². The Morgan fingerprint density at radius 2 is 1.87 bits per heavy atom. The number of anilines is 2. The summed E-state index contributed by atoms with van der Waals surface area (Å²) in [6.07, 6.45) is 0.643. The Morgan fingerprint density at radius 3 is 2.58 bits per heavy atom. The molecule has 1 fully saturated rings. The van der Waals surface area contributed by atoms with Crippen LogP contribution in [-0.2, 0) is 4.79 Å². The summed E-state index contributed by atoms with van der Waals surface area (Å²) in [6.45, 7) is 0.643. The van der Waals surface area contributed by atoms with Crippen LogP contribution in [0.15, 0.2) is 35.3 Å². The molecule has 0 aliphatic carbocycles. The lowest BCUT2D eigenvalue weighted by Gasteiger charge is -2.21. The molecule has 1 unspecified atom stereocenters. The van der Waals surface area contributed by atoms with Crippen molar-refractivity contribution in [3.05, 3.63) is 59.4 Å². The Balaban J connectivity index is 1.51. The SMILES string of the molecule is CN=C(NCC(=O)Nc1ccc(F)c(F)c1F)NC1CCN(c2ccc(F)cc2F)C1. The van der Waals surface area contributed by atoms with E-state index in [4.69, 9.17) is 0 Å². The summed E-state index contributed by atoms with van der Waals surface area (Å²) in [4.78, 5) is 17.8. The molecule has 1 heterocycles. The number of hydrogen-bond acceptors (Lipinski definition) is 3. The van der Waals surface area contributed by atoms with Crippen LogP contribution in [0.1, 0.15) is 6.42 Å². The molecular formula is C20H20F5N5O. The molecule has 1 amide bonds. The van der Waals surface area contributed by atoms with Crippen molar-refractivity contribution in [3.8, 4) is 0 Å². The van der Waals surface area contributed by atoms with Crippen molar-refractivity contribution in [1.82, 2.24) is 10.6 Å². The maximum Gasteiger partial charge on any atom is 0.243 e. The van der Waals surface area contributed by atoms with Crippen molar-refractivity contribution in [2.24, 2.45) is 4.99 Å². The molecule has 0 bridgehead atoms. The van der Waals surface area contributed by atoms with Crippen LogP contribution in [0, 0.1) is 29.1 Å². The molecule has 166 valence electrons. The number of nitrogens with zero attached hydrogens (tertiary/aromatic N) is 2. The van der Waals surface area contributed by atoms with Crippen LogP contribution < -0.4 is 20.9 Å². The van der Waals surface area contributed by atoms with Gasteiger partial charge in [-0.25, -0.2) is 22.0 Å². The molecule has 1 aliphatic heterocycles. The second kappa shape index (κ2) is 9.63. The third-order valence-corrected chi connectivity index (χ3v) is 4.73. The van der Waals surface area contributed by atoms with Gasteiger partial charge >= 0.3 is 0 Å². The van der Waals surface area contributed by atoms with Crippen LogP contribution >= 0.6 is 0 Å². The molecule has 1 aliphatic rings. The molecule has 3 rings (SSSR count). The van der Waals surface area contributed by atoms with Crippen LogP contribution in [-0.4, -0.2) is 44.6 Å². The first-order valence-corrected chi connectivity index (χ1v) is 9.39. The molecule has 1 saturated heterocycles. The highest BCUT2D eigenvalue weighted by molar-refractivity contribution is 5.95. The van der Waals surface area contributed by atoms with E-state index in [0.29, 0.717) is 31.3 Å². The first-order chi connectivity index (χ1) is 14.8. The highest BCUT2D eigenvalue weighted by Gasteiger charge is 2.25. The first-order valence-electron chi connectivity index (χ1n) is 9.39. The predicted octanol–water partition coefficient (Wildman–Crippen LogP) is 2.76. The summed E-state index contributed by atoms with van der Waals surface area (Å²) in [7, 11) is 1.48. The largest absolute Gasteiger partial charge is 0.367 e. The summed E-state index contributed by atoms with van der Waals surface area (Å²) in [5, 5.41) is 7.95. The van der Waals surface area contributed by atoms with Crippen LogP contribution in [0.25, 0.3) is 0 Å². The van der Waals surface area contributed by atoms with E-state index in [9.17, 15) is 26.7 Å². The molecule has 0 saturated carbocycles. The monoisotopic (exact) mass is 441 g/mol. The number of guanidine groups is 1. The average Bonchev–Trinajstić information content (AvgIpc) is 3.19. The third kappa shape index (κ3) is 5.41. The lowest BCUT2D eigenvalue weighted by Crippen LogP contribution is -2.46. The van der Waals surface area contributed by atoms with Crippen molar-refractivity contribution in [2.45, 2.75) is 12.5 Å². The zero-order valence-corrected chi connectivity index (χ0v) is 16.5. The van der Waals surface area contributed by atoms with Crippen LogP contribution in [0.4, 0.5) is 33.3 Å². The Bertz CT molecular complexity index is 1000. The maximum atomic E-state index is 14.0. The molecule has 1 atom stereocenters. The van der Waals surface area contributed by atoms with E-state index in [1.165, 1.54) is 19.2 Å². The zero-order chi connectivity index (χ0) is 22.5. The van der Waals surface area contributed by atoms with Gasteiger partial charge in [-0.2, -0.15) is 0 Å². The summed E-state index contributed by atoms with van der Waals surface area (Å²) < 4.78 is 66.9. The van der Waals surface area contributed by atoms with Crippen molar-refractivity contribution in [1.29, 1.82) is 0 Å². The summed E-state index contributed by atoms with van der Waals surface area (Å²) in [5.74, 6) is -6.25. The summed E-state index contributed by atoms with van der Waals surface area (Å²) in [6, 6.07) is 4.89. The van der Waals surface area contributed by atoms with Gasteiger partial charge in [0.15, 0.2) is 23.4 Å². The average molecular weight is 441 g/mol. The molecule has 2 aromatic rings. The second-order valence-corrected chi connectivity index (χ2v) is 6.87. The number of carbonyl (C=O) groups is 1. The Hall–Kier alpha value is -3.37. The van der Waals surface area contributed by atoms with E-state index in [1.807, 2.05) is 0 Å².